The van der Waals surface area contributed by atoms with Crippen molar-refractivity contribution in [3.05, 3.63) is 108 Å². The summed E-state index contributed by atoms with van der Waals surface area (Å²) < 4.78 is 6.66. The monoisotopic (exact) mass is 479 g/mol. The van der Waals surface area contributed by atoms with Crippen molar-refractivity contribution >= 4 is 39.0 Å². The molecule has 8 nitrogen and oxygen atoms in total. The average Bonchev–Trinajstić information content (AvgIpc) is 2.77. The highest BCUT2D eigenvalue weighted by atomic mass is 79.9. The number of rotatable bonds is 7. The first kappa shape index (κ1) is 21.7. The number of nitro groups is 2. The van der Waals surface area contributed by atoms with E-state index in [1.165, 1.54) is 36.4 Å². The van der Waals surface area contributed by atoms with E-state index in [4.69, 9.17) is 4.74 Å². The van der Waals surface area contributed by atoms with E-state index >= 15 is 0 Å². The molecular weight excluding hydrogens is 466 g/mol. The van der Waals surface area contributed by atoms with Gasteiger partial charge in [0.2, 0.25) is 0 Å². The predicted molar refractivity (Wildman–Crippen MR) is 118 cm³/mol. The number of nitrogens with zero attached hydrogens (tertiary/aromatic N) is 3. The summed E-state index contributed by atoms with van der Waals surface area (Å²) in [6.45, 7) is 0.180. The Bertz CT molecular complexity index is 1200. The quantitative estimate of drug-likeness (QED) is 0.180. The molecule has 3 aromatic carbocycles. The van der Waals surface area contributed by atoms with Crippen LogP contribution in [0, 0.1) is 31.6 Å². The predicted octanol–water partition coefficient (Wildman–Crippen LogP) is 5.91. The van der Waals surface area contributed by atoms with Gasteiger partial charge in [-0.2, -0.15) is 5.26 Å². The summed E-state index contributed by atoms with van der Waals surface area (Å²) in [5.74, 6) is 0.510. The van der Waals surface area contributed by atoms with Crippen LogP contribution >= 0.6 is 15.9 Å². The Kier molecular flexibility index (Phi) is 6.74. The fourth-order valence-corrected chi connectivity index (χ4v) is 3.12. The molecule has 0 aliphatic carbocycles. The number of non-ortho nitro benzene ring substituents is 2. The lowest BCUT2D eigenvalue weighted by Gasteiger charge is -2.11. The lowest BCUT2D eigenvalue weighted by molar-refractivity contribution is -0.385. The zero-order valence-corrected chi connectivity index (χ0v) is 17.5. The average molecular weight is 480 g/mol. The number of benzene rings is 3. The van der Waals surface area contributed by atoms with Crippen LogP contribution in [0.5, 0.6) is 5.75 Å². The van der Waals surface area contributed by atoms with E-state index in [1.807, 2.05) is 0 Å². The minimum atomic E-state index is -0.502. The third-order valence-electron chi connectivity index (χ3n) is 4.32. The lowest BCUT2D eigenvalue weighted by atomic mass is 10.0. The standard InChI is InChI=1S/C22H14BrN3O5/c23-19-5-10-22(31-14-15-1-6-20(7-2-15)25(27)28)17(12-19)11-18(13-24)16-3-8-21(9-4-16)26(29)30/h1-12H,14H2/b18-11-. The maximum atomic E-state index is 10.8. The minimum absolute atomic E-state index is 0.00206. The molecule has 3 rings (SSSR count). The minimum Gasteiger partial charge on any atom is -0.488 e. The van der Waals surface area contributed by atoms with Crippen molar-refractivity contribution in [1.29, 1.82) is 5.26 Å². The second kappa shape index (κ2) is 9.65. The fraction of sp³-hybridized carbons (Fsp3) is 0.0455. The Morgan fingerprint density at radius 1 is 0.968 bits per heavy atom. The summed E-state index contributed by atoms with van der Waals surface area (Å²) in [6.07, 6.45) is 1.64. The first-order valence-electron chi connectivity index (χ1n) is 8.89. The van der Waals surface area contributed by atoms with Crippen molar-refractivity contribution < 1.29 is 14.6 Å². The maximum Gasteiger partial charge on any atom is 0.269 e. The van der Waals surface area contributed by atoms with Crippen LogP contribution in [0.25, 0.3) is 11.6 Å². The molecule has 0 saturated heterocycles. The van der Waals surface area contributed by atoms with E-state index in [1.54, 1.807) is 36.4 Å². The van der Waals surface area contributed by atoms with E-state index in [2.05, 4.69) is 22.0 Å². The molecule has 0 aliphatic rings. The van der Waals surface area contributed by atoms with E-state index < -0.39 is 9.85 Å². The normalized spacial score (nSPS) is 10.9. The summed E-state index contributed by atoms with van der Waals surface area (Å²) in [4.78, 5) is 20.6. The van der Waals surface area contributed by atoms with Gasteiger partial charge in [-0.05, 0) is 59.7 Å². The Morgan fingerprint density at radius 3 is 2.10 bits per heavy atom. The second-order valence-corrected chi connectivity index (χ2v) is 7.28. The number of allylic oxidation sites excluding steroid dienone is 1. The zero-order valence-electron chi connectivity index (χ0n) is 15.9. The fourth-order valence-electron chi connectivity index (χ4n) is 2.74. The van der Waals surface area contributed by atoms with Gasteiger partial charge in [0.1, 0.15) is 12.4 Å². The molecule has 0 N–H and O–H groups in total. The molecule has 0 amide bonds. The van der Waals surface area contributed by atoms with Crippen LogP contribution in [-0.2, 0) is 6.61 Å². The lowest BCUT2D eigenvalue weighted by Crippen LogP contribution is -1.98. The number of nitriles is 1. The van der Waals surface area contributed by atoms with Crippen LogP contribution in [0.4, 0.5) is 11.4 Å². The van der Waals surface area contributed by atoms with Crippen LogP contribution in [0.3, 0.4) is 0 Å². The molecule has 0 unspecified atom stereocenters. The number of ether oxygens (including phenoxy) is 1. The molecule has 3 aromatic rings. The van der Waals surface area contributed by atoms with Gasteiger partial charge in [-0.25, -0.2) is 0 Å². The van der Waals surface area contributed by atoms with Gasteiger partial charge in [-0.1, -0.05) is 15.9 Å². The highest BCUT2D eigenvalue weighted by molar-refractivity contribution is 9.10. The smallest absolute Gasteiger partial charge is 0.269 e. The van der Waals surface area contributed by atoms with E-state index in [-0.39, 0.29) is 18.0 Å². The van der Waals surface area contributed by atoms with Gasteiger partial charge in [0.25, 0.3) is 11.4 Å². The molecule has 0 radical (unpaired) electrons. The molecule has 9 heteroatoms. The molecule has 0 fully saturated rings. The SMILES string of the molecule is N#C/C(=C/c1cc(Br)ccc1OCc1ccc([N+](=O)[O-])cc1)c1ccc([N+](=O)[O-])cc1. The van der Waals surface area contributed by atoms with Gasteiger partial charge in [0, 0.05) is 34.3 Å². The molecule has 0 heterocycles. The Hall–Kier alpha value is -4.03. The van der Waals surface area contributed by atoms with Crippen LogP contribution in [0.2, 0.25) is 0 Å². The molecule has 0 atom stereocenters. The van der Waals surface area contributed by atoms with Crippen molar-refractivity contribution in [3.8, 4) is 11.8 Å². The van der Waals surface area contributed by atoms with E-state index in [0.717, 1.165) is 10.0 Å². The highest BCUT2D eigenvalue weighted by Crippen LogP contribution is 2.29. The first-order chi connectivity index (χ1) is 14.9. The topological polar surface area (TPSA) is 119 Å². The highest BCUT2D eigenvalue weighted by Gasteiger charge is 2.10. The Balaban J connectivity index is 1.86. The molecule has 0 aromatic heterocycles. The third kappa shape index (κ3) is 5.52. The van der Waals surface area contributed by atoms with Gasteiger partial charge in [0.15, 0.2) is 0 Å². The number of nitro benzene ring substituents is 2. The molecule has 0 spiro atoms. The molecule has 154 valence electrons. The van der Waals surface area contributed by atoms with Crippen molar-refractivity contribution in [3.63, 3.8) is 0 Å². The van der Waals surface area contributed by atoms with Crippen LogP contribution in [0.1, 0.15) is 16.7 Å². The van der Waals surface area contributed by atoms with Crippen molar-refractivity contribution in [2.75, 3.05) is 0 Å². The van der Waals surface area contributed by atoms with Crippen LogP contribution in [0.15, 0.2) is 71.2 Å². The van der Waals surface area contributed by atoms with Crippen LogP contribution < -0.4 is 4.74 Å². The van der Waals surface area contributed by atoms with Crippen molar-refractivity contribution in [1.82, 2.24) is 0 Å². The summed E-state index contributed by atoms with van der Waals surface area (Å²) in [7, 11) is 0. The van der Waals surface area contributed by atoms with E-state index in [9.17, 15) is 25.5 Å². The number of hydrogen-bond acceptors (Lipinski definition) is 6. The molecule has 0 bridgehead atoms. The van der Waals surface area contributed by atoms with Crippen molar-refractivity contribution in [2.45, 2.75) is 6.61 Å². The van der Waals surface area contributed by atoms with E-state index in [0.29, 0.717) is 22.4 Å². The zero-order chi connectivity index (χ0) is 22.4. The number of hydrogen-bond donors (Lipinski definition) is 0. The summed E-state index contributed by atoms with van der Waals surface area (Å²) >= 11 is 3.40. The molecule has 0 saturated carbocycles. The van der Waals surface area contributed by atoms with Gasteiger partial charge in [-0.3, -0.25) is 20.2 Å². The largest absolute Gasteiger partial charge is 0.488 e. The van der Waals surface area contributed by atoms with Gasteiger partial charge < -0.3 is 4.74 Å². The molecule has 0 aliphatic heterocycles. The Labute approximate surface area is 185 Å². The van der Waals surface area contributed by atoms with Gasteiger partial charge in [0.05, 0.1) is 21.5 Å². The second-order valence-electron chi connectivity index (χ2n) is 6.37. The van der Waals surface area contributed by atoms with Gasteiger partial charge >= 0.3 is 0 Å². The Morgan fingerprint density at radius 2 is 1.55 bits per heavy atom. The van der Waals surface area contributed by atoms with Gasteiger partial charge in [-0.15, -0.1) is 0 Å². The summed E-state index contributed by atoms with van der Waals surface area (Å²) in [5.41, 5.74) is 2.17. The summed E-state index contributed by atoms with van der Waals surface area (Å²) in [5, 5.41) is 31.2. The summed E-state index contributed by atoms with van der Waals surface area (Å²) in [6, 6.07) is 19.2. The maximum absolute atomic E-state index is 10.8. The first-order valence-corrected chi connectivity index (χ1v) is 9.69. The molecule has 31 heavy (non-hydrogen) atoms. The third-order valence-corrected chi connectivity index (χ3v) is 4.82. The van der Waals surface area contributed by atoms with Crippen LogP contribution in [-0.4, -0.2) is 9.85 Å². The number of halogens is 1. The molecular formula is C22H14BrN3O5. The van der Waals surface area contributed by atoms with Crippen molar-refractivity contribution in [2.24, 2.45) is 0 Å².